The van der Waals surface area contributed by atoms with Crippen LogP contribution in [-0.2, 0) is 17.7 Å². The lowest BCUT2D eigenvalue weighted by Gasteiger charge is -2.07. The van der Waals surface area contributed by atoms with E-state index < -0.39 is 0 Å². The summed E-state index contributed by atoms with van der Waals surface area (Å²) < 4.78 is 7.93. The van der Waals surface area contributed by atoms with Gasteiger partial charge in [0.05, 0.1) is 35.2 Å². The number of rotatable bonds is 7. The molecule has 0 amide bonds. The van der Waals surface area contributed by atoms with Crippen molar-refractivity contribution in [2.45, 2.75) is 19.4 Å². The molecule has 0 fully saturated rings. The fraction of sp³-hybridized carbons (Fsp3) is 0.278. The van der Waals surface area contributed by atoms with Crippen LogP contribution in [0.1, 0.15) is 11.4 Å². The number of hydrogen-bond donors (Lipinski definition) is 0. The van der Waals surface area contributed by atoms with Gasteiger partial charge in [-0.25, -0.2) is 9.97 Å². The highest BCUT2D eigenvalue weighted by Crippen LogP contribution is 2.22. The van der Waals surface area contributed by atoms with Crippen LogP contribution in [0, 0.1) is 0 Å². The Hall–Kier alpha value is -2.31. The molecule has 0 aliphatic carbocycles. The van der Waals surface area contributed by atoms with Crippen molar-refractivity contribution in [1.82, 2.24) is 19.5 Å². The van der Waals surface area contributed by atoms with E-state index in [1.165, 1.54) is 5.01 Å². The number of para-hydroxylation sites is 1. The van der Waals surface area contributed by atoms with Gasteiger partial charge in [-0.3, -0.25) is 4.98 Å². The minimum Gasteiger partial charge on any atom is -0.380 e. The lowest BCUT2D eigenvalue weighted by atomic mass is 10.2. The summed E-state index contributed by atoms with van der Waals surface area (Å²) in [5.41, 5.74) is 3.06. The summed E-state index contributed by atoms with van der Waals surface area (Å²) in [6.07, 6.45) is 7.55. The Morgan fingerprint density at radius 3 is 2.92 bits per heavy atom. The molecule has 0 atom stereocenters. The molecule has 5 nitrogen and oxygen atoms in total. The van der Waals surface area contributed by atoms with Crippen LogP contribution >= 0.6 is 11.3 Å². The molecule has 4 aromatic rings. The number of ether oxygens (including phenoxy) is 1. The second-order valence-electron chi connectivity index (χ2n) is 5.59. The zero-order valence-corrected chi connectivity index (χ0v) is 14.1. The quantitative estimate of drug-likeness (QED) is 0.482. The Balaban J connectivity index is 1.37. The fourth-order valence-corrected chi connectivity index (χ4v) is 3.50. The lowest BCUT2D eigenvalue weighted by Crippen LogP contribution is -2.06. The average Bonchev–Trinajstić information content (AvgIpc) is 3.28. The number of benzene rings is 1. The largest absolute Gasteiger partial charge is 0.380 e. The highest BCUT2D eigenvalue weighted by atomic mass is 32.1. The Morgan fingerprint density at radius 2 is 2.00 bits per heavy atom. The molecule has 0 radical (unpaired) electrons. The SMILES string of the molecule is c1ccc2c(c1)ncc1ncn(CCOCCCc3nccs3)c12. The van der Waals surface area contributed by atoms with E-state index in [1.54, 1.807) is 11.3 Å². The molecule has 0 aliphatic rings. The molecular weight excluding hydrogens is 320 g/mol. The maximum atomic E-state index is 5.78. The number of aryl methyl sites for hydroxylation is 1. The molecular formula is C18H18N4OS. The van der Waals surface area contributed by atoms with Gasteiger partial charge >= 0.3 is 0 Å². The molecule has 1 aromatic carbocycles. The van der Waals surface area contributed by atoms with Crippen molar-refractivity contribution in [3.8, 4) is 0 Å². The van der Waals surface area contributed by atoms with Gasteiger partial charge in [-0.15, -0.1) is 11.3 Å². The third-order valence-corrected chi connectivity index (χ3v) is 4.83. The van der Waals surface area contributed by atoms with Crippen molar-refractivity contribution in [3.05, 3.63) is 53.4 Å². The molecule has 0 bridgehead atoms. The highest BCUT2D eigenvalue weighted by Gasteiger charge is 2.07. The molecule has 0 aliphatic heterocycles. The number of pyridine rings is 1. The van der Waals surface area contributed by atoms with Gasteiger partial charge in [0.25, 0.3) is 0 Å². The van der Waals surface area contributed by atoms with Crippen molar-refractivity contribution >= 4 is 33.3 Å². The molecule has 3 heterocycles. The normalized spacial score (nSPS) is 11.5. The van der Waals surface area contributed by atoms with Gasteiger partial charge in [-0.05, 0) is 12.5 Å². The van der Waals surface area contributed by atoms with Gasteiger partial charge in [0, 0.05) is 36.5 Å². The van der Waals surface area contributed by atoms with Gasteiger partial charge in [-0.1, -0.05) is 18.2 Å². The molecule has 0 saturated carbocycles. The van der Waals surface area contributed by atoms with E-state index in [2.05, 4.69) is 25.6 Å². The minimum absolute atomic E-state index is 0.681. The first-order chi connectivity index (χ1) is 11.9. The number of fused-ring (bicyclic) bond motifs is 3. The maximum absolute atomic E-state index is 5.78. The van der Waals surface area contributed by atoms with Gasteiger partial charge < -0.3 is 9.30 Å². The molecule has 4 rings (SSSR count). The monoisotopic (exact) mass is 338 g/mol. The van der Waals surface area contributed by atoms with Gasteiger partial charge in [0.1, 0.15) is 5.52 Å². The average molecular weight is 338 g/mol. The molecule has 6 heteroatoms. The van der Waals surface area contributed by atoms with Crippen LogP contribution in [0.4, 0.5) is 0 Å². The fourth-order valence-electron chi connectivity index (χ4n) is 2.84. The summed E-state index contributed by atoms with van der Waals surface area (Å²) in [5, 5.41) is 4.33. The number of nitrogens with zero attached hydrogens (tertiary/aromatic N) is 4. The highest BCUT2D eigenvalue weighted by molar-refractivity contribution is 7.09. The first kappa shape index (κ1) is 15.2. The summed E-state index contributed by atoms with van der Waals surface area (Å²) in [5.74, 6) is 0. The van der Waals surface area contributed by atoms with E-state index in [1.807, 2.05) is 42.3 Å². The standard InChI is InChI=1S/C18H18N4OS/c1-2-5-15-14(4-1)18-16(12-20-15)21-13-22(18)8-10-23-9-3-6-17-19-7-11-24-17/h1-2,4-5,7,11-13H,3,6,8-10H2. The molecule has 24 heavy (non-hydrogen) atoms. The molecule has 0 unspecified atom stereocenters. The zero-order valence-electron chi connectivity index (χ0n) is 13.3. The lowest BCUT2D eigenvalue weighted by molar-refractivity contribution is 0.125. The second kappa shape index (κ2) is 7.07. The molecule has 122 valence electrons. The summed E-state index contributed by atoms with van der Waals surface area (Å²) in [4.78, 5) is 13.2. The van der Waals surface area contributed by atoms with E-state index >= 15 is 0 Å². The van der Waals surface area contributed by atoms with Crippen LogP contribution < -0.4 is 0 Å². The molecule has 0 N–H and O–H groups in total. The van der Waals surface area contributed by atoms with Crippen LogP contribution in [0.5, 0.6) is 0 Å². The van der Waals surface area contributed by atoms with E-state index in [-0.39, 0.29) is 0 Å². The minimum atomic E-state index is 0.681. The van der Waals surface area contributed by atoms with Crippen LogP contribution in [0.25, 0.3) is 21.9 Å². The van der Waals surface area contributed by atoms with Crippen LogP contribution in [0.3, 0.4) is 0 Å². The van der Waals surface area contributed by atoms with Crippen molar-refractivity contribution in [2.24, 2.45) is 0 Å². The zero-order chi connectivity index (χ0) is 16.2. The summed E-state index contributed by atoms with van der Waals surface area (Å²) >= 11 is 1.70. The maximum Gasteiger partial charge on any atom is 0.107 e. The number of imidazole rings is 1. The van der Waals surface area contributed by atoms with Crippen molar-refractivity contribution < 1.29 is 4.74 Å². The summed E-state index contributed by atoms with van der Waals surface area (Å²) in [6.45, 7) is 2.23. The smallest absolute Gasteiger partial charge is 0.107 e. The van der Waals surface area contributed by atoms with Crippen LogP contribution in [-0.4, -0.2) is 32.7 Å². The molecule has 0 spiro atoms. The second-order valence-corrected chi connectivity index (χ2v) is 6.57. The molecule has 0 saturated heterocycles. The van der Waals surface area contributed by atoms with Crippen LogP contribution in [0.2, 0.25) is 0 Å². The van der Waals surface area contributed by atoms with Crippen molar-refractivity contribution in [3.63, 3.8) is 0 Å². The predicted molar refractivity (Wildman–Crippen MR) is 96.3 cm³/mol. The Morgan fingerprint density at radius 1 is 1.04 bits per heavy atom. The third-order valence-electron chi connectivity index (χ3n) is 3.99. The Kier molecular flexibility index (Phi) is 4.49. The topological polar surface area (TPSA) is 52.8 Å². The van der Waals surface area contributed by atoms with Crippen molar-refractivity contribution in [2.75, 3.05) is 13.2 Å². The van der Waals surface area contributed by atoms with Gasteiger partial charge in [0.15, 0.2) is 0 Å². The first-order valence-corrected chi connectivity index (χ1v) is 8.94. The van der Waals surface area contributed by atoms with E-state index in [4.69, 9.17) is 4.74 Å². The number of aromatic nitrogens is 4. The predicted octanol–water partition coefficient (Wildman–Crippen LogP) is 3.69. The van der Waals surface area contributed by atoms with E-state index in [0.29, 0.717) is 6.61 Å². The van der Waals surface area contributed by atoms with Gasteiger partial charge in [0.2, 0.25) is 0 Å². The van der Waals surface area contributed by atoms with Gasteiger partial charge in [-0.2, -0.15) is 0 Å². The first-order valence-electron chi connectivity index (χ1n) is 8.06. The third kappa shape index (κ3) is 3.16. The summed E-state index contributed by atoms with van der Waals surface area (Å²) in [7, 11) is 0. The van der Waals surface area contributed by atoms with Crippen molar-refractivity contribution in [1.29, 1.82) is 0 Å². The number of thiazole rings is 1. The van der Waals surface area contributed by atoms with Crippen LogP contribution in [0.15, 0.2) is 48.4 Å². The molecule has 3 aromatic heterocycles. The Bertz CT molecular complexity index is 933. The summed E-state index contributed by atoms with van der Waals surface area (Å²) in [6, 6.07) is 8.17. The number of hydrogen-bond acceptors (Lipinski definition) is 5. The Labute approximate surface area is 144 Å². The van der Waals surface area contributed by atoms with E-state index in [0.717, 1.165) is 47.9 Å². The van der Waals surface area contributed by atoms with E-state index in [9.17, 15) is 0 Å².